The Morgan fingerprint density at radius 1 is 1.14 bits per heavy atom. The summed E-state index contributed by atoms with van der Waals surface area (Å²) in [4.78, 5) is 24.0. The van der Waals surface area contributed by atoms with Gasteiger partial charge in [0.2, 0.25) is 10.0 Å². The monoisotopic (exact) mass is 440 g/mol. The van der Waals surface area contributed by atoms with Gasteiger partial charge >= 0.3 is 5.97 Å². The van der Waals surface area contributed by atoms with Crippen LogP contribution in [0.1, 0.15) is 5.56 Å². The summed E-state index contributed by atoms with van der Waals surface area (Å²) >= 11 is 5.89. The van der Waals surface area contributed by atoms with E-state index in [4.69, 9.17) is 21.1 Å². The van der Waals surface area contributed by atoms with Gasteiger partial charge in [-0.1, -0.05) is 29.3 Å². The lowest BCUT2D eigenvalue weighted by molar-refractivity contribution is -0.147. The first kappa shape index (κ1) is 22.7. The van der Waals surface area contributed by atoms with E-state index in [2.05, 4.69) is 5.32 Å². The number of hydrogen-bond acceptors (Lipinski definition) is 6. The molecular weight excluding hydrogens is 420 g/mol. The molecule has 1 N–H and O–H groups in total. The molecule has 0 saturated carbocycles. The van der Waals surface area contributed by atoms with Gasteiger partial charge in [0.15, 0.2) is 6.61 Å². The lowest BCUT2D eigenvalue weighted by Crippen LogP contribution is -2.34. The molecule has 2 aromatic rings. The summed E-state index contributed by atoms with van der Waals surface area (Å²) < 4.78 is 35.8. The zero-order valence-electron chi connectivity index (χ0n) is 16.1. The Hall–Kier alpha value is -2.62. The van der Waals surface area contributed by atoms with E-state index >= 15 is 0 Å². The minimum absolute atomic E-state index is 0.0594. The number of anilines is 1. The van der Waals surface area contributed by atoms with E-state index in [0.717, 1.165) is 9.87 Å². The molecule has 8 nitrogen and oxygen atoms in total. The van der Waals surface area contributed by atoms with E-state index in [9.17, 15) is 18.0 Å². The number of carbonyl (C=O) groups is 2. The lowest BCUT2D eigenvalue weighted by Gasteiger charge is -2.16. The van der Waals surface area contributed by atoms with Gasteiger partial charge in [0.25, 0.3) is 5.91 Å². The molecule has 0 atom stereocenters. The van der Waals surface area contributed by atoms with Gasteiger partial charge in [-0.15, -0.1) is 0 Å². The number of halogens is 1. The van der Waals surface area contributed by atoms with Crippen LogP contribution >= 0.6 is 11.6 Å². The summed E-state index contributed by atoms with van der Waals surface area (Å²) in [6, 6.07) is 10.9. The van der Waals surface area contributed by atoms with Crippen molar-refractivity contribution in [2.75, 3.05) is 32.6 Å². The number of esters is 1. The molecule has 0 heterocycles. The van der Waals surface area contributed by atoms with Crippen LogP contribution in [0.2, 0.25) is 5.02 Å². The highest BCUT2D eigenvalue weighted by Crippen LogP contribution is 2.27. The second-order valence-corrected chi connectivity index (χ2v) is 8.61. The Labute approximate surface area is 174 Å². The highest BCUT2D eigenvalue weighted by atomic mass is 35.5. The summed E-state index contributed by atoms with van der Waals surface area (Å²) in [6.45, 7) is 0.707. The summed E-state index contributed by atoms with van der Waals surface area (Å²) in [6.07, 6.45) is 0. The number of nitrogens with one attached hydrogen (secondary N) is 1. The summed E-state index contributed by atoms with van der Waals surface area (Å²) in [5, 5.41) is 2.90. The molecule has 0 unspecified atom stereocenters. The maximum Gasteiger partial charge on any atom is 0.321 e. The van der Waals surface area contributed by atoms with Crippen LogP contribution < -0.4 is 10.1 Å². The summed E-state index contributed by atoms with van der Waals surface area (Å²) in [7, 11) is -1.16. The Bertz CT molecular complexity index is 992. The van der Waals surface area contributed by atoms with Gasteiger partial charge < -0.3 is 14.8 Å². The molecule has 0 bridgehead atoms. The Balaban J connectivity index is 1.91. The highest BCUT2D eigenvalue weighted by molar-refractivity contribution is 7.89. The van der Waals surface area contributed by atoms with Crippen molar-refractivity contribution < 1.29 is 27.5 Å². The molecule has 0 saturated heterocycles. The molecule has 1 amide bonds. The second-order valence-electron chi connectivity index (χ2n) is 6.13. The molecule has 29 heavy (non-hydrogen) atoms. The molecule has 0 fully saturated rings. The first-order chi connectivity index (χ1) is 13.6. The topological polar surface area (TPSA) is 102 Å². The molecular formula is C19H21ClN2O6S. The standard InChI is InChI=1S/C19H21ClN2O6S/c1-13-4-7-15(8-5-13)29(25,26)22(2)11-19(24)28-12-18(23)21-16-10-14(20)6-9-17(16)27-3/h4-10H,11-12H2,1-3H3,(H,21,23). The predicted octanol–water partition coefficient (Wildman–Crippen LogP) is 2.46. The van der Waals surface area contributed by atoms with Crippen molar-refractivity contribution in [3.05, 3.63) is 53.1 Å². The van der Waals surface area contributed by atoms with Crippen LogP contribution in [0.15, 0.2) is 47.4 Å². The van der Waals surface area contributed by atoms with E-state index in [1.54, 1.807) is 24.3 Å². The third-order valence-corrected chi connectivity index (χ3v) is 5.93. The molecule has 0 aliphatic carbocycles. The van der Waals surface area contributed by atoms with Crippen LogP contribution in [0.25, 0.3) is 0 Å². The largest absolute Gasteiger partial charge is 0.495 e. The Morgan fingerprint density at radius 2 is 1.79 bits per heavy atom. The molecule has 156 valence electrons. The van der Waals surface area contributed by atoms with E-state index in [-0.39, 0.29) is 4.90 Å². The van der Waals surface area contributed by atoms with E-state index in [0.29, 0.717) is 16.5 Å². The quantitative estimate of drug-likeness (QED) is 0.632. The minimum Gasteiger partial charge on any atom is -0.495 e. The highest BCUT2D eigenvalue weighted by Gasteiger charge is 2.23. The second kappa shape index (κ2) is 9.73. The summed E-state index contributed by atoms with van der Waals surface area (Å²) in [5.41, 5.74) is 1.23. The van der Waals surface area contributed by atoms with Crippen molar-refractivity contribution in [2.45, 2.75) is 11.8 Å². The van der Waals surface area contributed by atoms with Crippen molar-refractivity contribution >= 4 is 39.2 Å². The van der Waals surface area contributed by atoms with Gasteiger partial charge in [-0.05, 0) is 37.3 Å². The number of rotatable bonds is 8. The first-order valence-corrected chi connectivity index (χ1v) is 10.3. The SMILES string of the molecule is COc1ccc(Cl)cc1NC(=O)COC(=O)CN(C)S(=O)(=O)c1ccc(C)cc1. The summed E-state index contributed by atoms with van der Waals surface area (Å²) in [5.74, 6) is -1.10. The molecule has 10 heteroatoms. The van der Waals surface area contributed by atoms with Crippen molar-refractivity contribution in [3.8, 4) is 5.75 Å². The van der Waals surface area contributed by atoms with E-state index in [1.165, 1.54) is 32.4 Å². The Kier molecular flexibility index (Phi) is 7.60. The number of methoxy groups -OCH3 is 1. The maximum atomic E-state index is 12.5. The number of amides is 1. The smallest absolute Gasteiger partial charge is 0.321 e. The van der Waals surface area contributed by atoms with Gasteiger partial charge in [0.05, 0.1) is 17.7 Å². The first-order valence-electron chi connectivity index (χ1n) is 8.45. The predicted molar refractivity (Wildman–Crippen MR) is 109 cm³/mol. The zero-order valence-corrected chi connectivity index (χ0v) is 17.7. The van der Waals surface area contributed by atoms with Gasteiger partial charge in [-0.25, -0.2) is 8.42 Å². The van der Waals surface area contributed by atoms with E-state index < -0.39 is 35.1 Å². The van der Waals surface area contributed by atoms with Crippen LogP contribution in [0, 0.1) is 6.92 Å². The molecule has 0 aromatic heterocycles. The lowest BCUT2D eigenvalue weighted by atomic mass is 10.2. The van der Waals surface area contributed by atoms with Crippen LogP contribution in [0.4, 0.5) is 5.69 Å². The number of benzene rings is 2. The maximum absolute atomic E-state index is 12.5. The van der Waals surface area contributed by atoms with Crippen molar-refractivity contribution in [1.82, 2.24) is 4.31 Å². The van der Waals surface area contributed by atoms with Crippen LogP contribution in [0.5, 0.6) is 5.75 Å². The third kappa shape index (κ3) is 6.18. The normalized spacial score (nSPS) is 11.2. The fourth-order valence-electron chi connectivity index (χ4n) is 2.31. The molecule has 0 aliphatic heterocycles. The fraction of sp³-hybridized carbons (Fsp3) is 0.263. The van der Waals surface area contributed by atoms with Crippen molar-refractivity contribution in [3.63, 3.8) is 0 Å². The number of ether oxygens (including phenoxy) is 2. The van der Waals surface area contributed by atoms with Crippen molar-refractivity contribution in [2.24, 2.45) is 0 Å². The number of aryl methyl sites for hydroxylation is 1. The molecule has 2 aromatic carbocycles. The minimum atomic E-state index is -3.85. The van der Waals surface area contributed by atoms with Crippen LogP contribution in [-0.4, -0.2) is 51.9 Å². The molecule has 0 spiro atoms. The van der Waals surface area contributed by atoms with Crippen LogP contribution in [-0.2, 0) is 24.3 Å². The van der Waals surface area contributed by atoms with Gasteiger partial charge in [0, 0.05) is 12.1 Å². The fourth-order valence-corrected chi connectivity index (χ4v) is 3.60. The Morgan fingerprint density at radius 3 is 2.41 bits per heavy atom. The van der Waals surface area contributed by atoms with Crippen molar-refractivity contribution in [1.29, 1.82) is 0 Å². The molecule has 0 radical (unpaired) electrons. The number of sulfonamides is 1. The van der Waals surface area contributed by atoms with Gasteiger partial charge in [-0.3, -0.25) is 9.59 Å². The molecule has 0 aliphatic rings. The number of nitrogens with zero attached hydrogens (tertiary/aromatic N) is 1. The van der Waals surface area contributed by atoms with Gasteiger partial charge in [-0.2, -0.15) is 4.31 Å². The average Bonchev–Trinajstić information content (AvgIpc) is 2.67. The number of likely N-dealkylation sites (N-methyl/N-ethyl adjacent to an activating group) is 1. The van der Waals surface area contributed by atoms with Crippen LogP contribution in [0.3, 0.4) is 0 Å². The zero-order chi connectivity index (χ0) is 21.6. The molecule has 2 rings (SSSR count). The van der Waals surface area contributed by atoms with E-state index in [1.807, 2.05) is 6.92 Å². The number of carbonyl (C=O) groups excluding carboxylic acids is 2. The third-order valence-electron chi connectivity index (χ3n) is 3.88. The number of hydrogen-bond donors (Lipinski definition) is 1. The average molecular weight is 441 g/mol. The van der Waals surface area contributed by atoms with Gasteiger partial charge in [0.1, 0.15) is 12.3 Å².